The fourth-order valence-electron chi connectivity index (χ4n) is 1.31. The van der Waals surface area contributed by atoms with Crippen LogP contribution in [-0.4, -0.2) is 19.1 Å². The number of amides is 1. The van der Waals surface area contributed by atoms with Crippen LogP contribution >= 0.6 is 0 Å². The predicted molar refractivity (Wildman–Crippen MR) is 56.3 cm³/mol. The van der Waals surface area contributed by atoms with E-state index in [0.29, 0.717) is 30.4 Å². The van der Waals surface area contributed by atoms with Gasteiger partial charge in [0, 0.05) is 11.8 Å². The van der Waals surface area contributed by atoms with Crippen molar-refractivity contribution in [2.24, 2.45) is 0 Å². The van der Waals surface area contributed by atoms with Crippen LogP contribution in [0.4, 0.5) is 5.69 Å². The molecule has 4 heteroatoms. The summed E-state index contributed by atoms with van der Waals surface area (Å²) in [5.41, 5.74) is 0.671. The van der Waals surface area contributed by atoms with Crippen LogP contribution in [0.15, 0.2) is 30.9 Å². The van der Waals surface area contributed by atoms with Crippen molar-refractivity contribution in [3.05, 3.63) is 30.9 Å². The van der Waals surface area contributed by atoms with Crippen LogP contribution in [0.25, 0.3) is 0 Å². The molecule has 0 unspecified atom stereocenters. The zero-order valence-electron chi connectivity index (χ0n) is 8.16. The molecule has 0 spiro atoms. The molecule has 0 saturated heterocycles. The highest BCUT2D eigenvalue weighted by molar-refractivity contribution is 5.99. The maximum absolute atomic E-state index is 11.0. The number of ether oxygens (including phenoxy) is 2. The first-order chi connectivity index (χ1) is 7.29. The number of hydrogen-bond donors (Lipinski definition) is 1. The van der Waals surface area contributed by atoms with Crippen molar-refractivity contribution in [3.8, 4) is 11.5 Å². The van der Waals surface area contributed by atoms with E-state index in [1.165, 1.54) is 6.08 Å². The molecule has 1 N–H and O–H groups in total. The number of hydrogen-bond acceptors (Lipinski definition) is 3. The molecular formula is C11H11NO3. The summed E-state index contributed by atoms with van der Waals surface area (Å²) in [5.74, 6) is 1.12. The molecule has 0 aromatic heterocycles. The Labute approximate surface area is 87.5 Å². The van der Waals surface area contributed by atoms with E-state index in [-0.39, 0.29) is 5.91 Å². The van der Waals surface area contributed by atoms with Crippen LogP contribution in [0.2, 0.25) is 0 Å². The normalized spacial score (nSPS) is 13.1. The summed E-state index contributed by atoms with van der Waals surface area (Å²) in [7, 11) is 0. The molecule has 4 nitrogen and oxygen atoms in total. The summed E-state index contributed by atoms with van der Waals surface area (Å²) >= 11 is 0. The second kappa shape index (κ2) is 4.04. The summed E-state index contributed by atoms with van der Waals surface area (Å²) < 4.78 is 10.7. The van der Waals surface area contributed by atoms with Gasteiger partial charge < -0.3 is 14.8 Å². The smallest absolute Gasteiger partial charge is 0.247 e. The number of nitrogens with one attached hydrogen (secondary N) is 1. The van der Waals surface area contributed by atoms with Gasteiger partial charge in [0.2, 0.25) is 5.91 Å². The second-order valence-corrected chi connectivity index (χ2v) is 3.05. The number of fused-ring (bicyclic) bond motifs is 1. The first kappa shape index (κ1) is 9.58. The topological polar surface area (TPSA) is 47.6 Å². The quantitative estimate of drug-likeness (QED) is 0.746. The maximum Gasteiger partial charge on any atom is 0.247 e. The maximum atomic E-state index is 11.0. The Morgan fingerprint density at radius 1 is 1.33 bits per heavy atom. The summed E-state index contributed by atoms with van der Waals surface area (Å²) in [6, 6.07) is 5.26. The molecule has 0 atom stereocenters. The Bertz CT molecular complexity index is 401. The average Bonchev–Trinajstić information content (AvgIpc) is 2.29. The summed E-state index contributed by atoms with van der Waals surface area (Å²) in [6.45, 7) is 4.47. The van der Waals surface area contributed by atoms with Gasteiger partial charge in [0.05, 0.1) is 0 Å². The van der Waals surface area contributed by atoms with E-state index in [2.05, 4.69) is 11.9 Å². The van der Waals surface area contributed by atoms with Crippen LogP contribution in [0, 0.1) is 0 Å². The number of benzene rings is 1. The van der Waals surface area contributed by atoms with E-state index < -0.39 is 0 Å². The van der Waals surface area contributed by atoms with Crippen molar-refractivity contribution >= 4 is 11.6 Å². The number of rotatable bonds is 2. The third-order valence-corrected chi connectivity index (χ3v) is 2.00. The van der Waals surface area contributed by atoms with Crippen LogP contribution in [-0.2, 0) is 4.79 Å². The summed E-state index contributed by atoms with van der Waals surface area (Å²) in [6.07, 6.45) is 1.22. The van der Waals surface area contributed by atoms with Crippen LogP contribution in [0.5, 0.6) is 11.5 Å². The molecule has 0 saturated carbocycles. The van der Waals surface area contributed by atoms with Gasteiger partial charge in [-0.2, -0.15) is 0 Å². The van der Waals surface area contributed by atoms with Crippen molar-refractivity contribution in [1.29, 1.82) is 0 Å². The lowest BCUT2D eigenvalue weighted by atomic mass is 10.2. The van der Waals surface area contributed by atoms with Crippen molar-refractivity contribution in [1.82, 2.24) is 0 Å². The van der Waals surface area contributed by atoms with E-state index in [1.54, 1.807) is 18.2 Å². The highest BCUT2D eigenvalue weighted by atomic mass is 16.6. The minimum absolute atomic E-state index is 0.244. The Morgan fingerprint density at radius 3 is 2.80 bits per heavy atom. The number of carbonyl (C=O) groups is 1. The van der Waals surface area contributed by atoms with Gasteiger partial charge in [-0.1, -0.05) is 6.58 Å². The monoisotopic (exact) mass is 205 g/mol. The second-order valence-electron chi connectivity index (χ2n) is 3.05. The molecule has 15 heavy (non-hydrogen) atoms. The molecule has 1 aromatic carbocycles. The molecule has 0 bridgehead atoms. The van der Waals surface area contributed by atoms with Gasteiger partial charge in [0.1, 0.15) is 13.2 Å². The fourth-order valence-corrected chi connectivity index (χ4v) is 1.31. The van der Waals surface area contributed by atoms with E-state index in [9.17, 15) is 4.79 Å². The van der Waals surface area contributed by atoms with Gasteiger partial charge in [-0.3, -0.25) is 4.79 Å². The Morgan fingerprint density at radius 2 is 2.07 bits per heavy atom. The molecule has 2 rings (SSSR count). The average molecular weight is 205 g/mol. The van der Waals surface area contributed by atoms with Crippen molar-refractivity contribution in [2.45, 2.75) is 0 Å². The van der Waals surface area contributed by atoms with Crippen molar-refractivity contribution in [2.75, 3.05) is 18.5 Å². The fraction of sp³-hybridized carbons (Fsp3) is 0.182. The van der Waals surface area contributed by atoms with Crippen LogP contribution in [0.3, 0.4) is 0 Å². The first-order valence-electron chi connectivity index (χ1n) is 4.62. The first-order valence-corrected chi connectivity index (χ1v) is 4.62. The zero-order chi connectivity index (χ0) is 10.7. The number of anilines is 1. The standard InChI is InChI=1S/C11H11NO3/c1-2-11(13)12-8-3-4-9-10(7-8)15-6-5-14-9/h2-4,7H,1,5-6H2,(H,12,13). The lowest BCUT2D eigenvalue weighted by Crippen LogP contribution is -2.15. The molecule has 1 aliphatic rings. The lowest BCUT2D eigenvalue weighted by Gasteiger charge is -2.18. The highest BCUT2D eigenvalue weighted by Gasteiger charge is 2.11. The van der Waals surface area contributed by atoms with E-state index in [0.717, 1.165) is 0 Å². The van der Waals surface area contributed by atoms with E-state index in [4.69, 9.17) is 9.47 Å². The van der Waals surface area contributed by atoms with E-state index >= 15 is 0 Å². The molecule has 1 aliphatic heterocycles. The van der Waals surface area contributed by atoms with Crippen molar-refractivity contribution in [3.63, 3.8) is 0 Å². The van der Waals surface area contributed by atoms with Gasteiger partial charge in [-0.25, -0.2) is 0 Å². The van der Waals surface area contributed by atoms with Crippen LogP contribution < -0.4 is 14.8 Å². The SMILES string of the molecule is C=CC(=O)Nc1ccc2c(c1)OCCO2. The minimum atomic E-state index is -0.244. The van der Waals surface area contributed by atoms with E-state index in [1.807, 2.05) is 0 Å². The molecule has 1 amide bonds. The molecule has 1 aromatic rings. The zero-order valence-corrected chi connectivity index (χ0v) is 8.16. The molecular weight excluding hydrogens is 194 g/mol. The third-order valence-electron chi connectivity index (χ3n) is 2.00. The van der Waals surface area contributed by atoms with Gasteiger partial charge in [0.25, 0.3) is 0 Å². The highest BCUT2D eigenvalue weighted by Crippen LogP contribution is 2.32. The van der Waals surface area contributed by atoms with Gasteiger partial charge in [0.15, 0.2) is 11.5 Å². The molecule has 1 heterocycles. The molecule has 0 aliphatic carbocycles. The Hall–Kier alpha value is -1.97. The predicted octanol–water partition coefficient (Wildman–Crippen LogP) is 1.58. The van der Waals surface area contributed by atoms with Gasteiger partial charge in [-0.15, -0.1) is 0 Å². The Kier molecular flexibility index (Phi) is 2.58. The van der Waals surface area contributed by atoms with Gasteiger partial charge >= 0.3 is 0 Å². The van der Waals surface area contributed by atoms with Crippen molar-refractivity contribution < 1.29 is 14.3 Å². The molecule has 78 valence electrons. The summed E-state index contributed by atoms with van der Waals surface area (Å²) in [4.78, 5) is 11.0. The Balaban J connectivity index is 2.20. The molecule has 0 fully saturated rings. The lowest BCUT2D eigenvalue weighted by molar-refractivity contribution is -0.111. The largest absolute Gasteiger partial charge is 0.486 e. The molecule has 0 radical (unpaired) electrons. The summed E-state index contributed by atoms with van der Waals surface area (Å²) in [5, 5.41) is 2.65. The minimum Gasteiger partial charge on any atom is -0.486 e. The number of carbonyl (C=O) groups excluding carboxylic acids is 1. The van der Waals surface area contributed by atoms with Crippen LogP contribution in [0.1, 0.15) is 0 Å². The third kappa shape index (κ3) is 2.10. The van der Waals surface area contributed by atoms with Gasteiger partial charge in [-0.05, 0) is 18.2 Å².